The number of thioether (sulfide) groups is 1. The number of benzene rings is 2. The number of carbonyl (C=O) groups is 2. The molecular weight excluding hydrogens is 396 g/mol. The third kappa shape index (κ3) is 2.78. The van der Waals surface area contributed by atoms with E-state index < -0.39 is 4.87 Å². The van der Waals surface area contributed by atoms with E-state index in [0.717, 1.165) is 16.8 Å². The number of methoxy groups -OCH3 is 1. The van der Waals surface area contributed by atoms with Crippen LogP contribution in [0.1, 0.15) is 24.5 Å². The van der Waals surface area contributed by atoms with E-state index in [4.69, 9.17) is 16.3 Å². The summed E-state index contributed by atoms with van der Waals surface area (Å²) in [7, 11) is 1.60. The minimum atomic E-state index is -1.03. The van der Waals surface area contributed by atoms with Gasteiger partial charge in [0.15, 0.2) is 4.87 Å². The molecule has 28 heavy (non-hydrogen) atoms. The number of ether oxygens (including phenoxy) is 1. The van der Waals surface area contributed by atoms with Gasteiger partial charge in [0.05, 0.1) is 19.3 Å². The van der Waals surface area contributed by atoms with Gasteiger partial charge in [-0.05, 0) is 29.8 Å². The molecule has 146 valence electrons. The standard InChI is InChI=1S/C21H21ClN2O3S/c1-3-19(25)24-10-11-28-21(24)16-12-15(27-2)8-9-18(16)23(20(21)26)13-14-6-4-5-7-17(14)22/h4-9,12H,3,10-11,13H2,1-2H3/t21-/m0/s1. The Balaban J connectivity index is 1.85. The van der Waals surface area contributed by atoms with Crippen molar-refractivity contribution in [2.75, 3.05) is 24.3 Å². The predicted molar refractivity (Wildman–Crippen MR) is 112 cm³/mol. The van der Waals surface area contributed by atoms with Crippen LogP contribution >= 0.6 is 23.4 Å². The van der Waals surface area contributed by atoms with Crippen LogP contribution in [0.2, 0.25) is 5.02 Å². The van der Waals surface area contributed by atoms with Gasteiger partial charge in [-0.3, -0.25) is 9.59 Å². The molecule has 0 saturated carbocycles. The van der Waals surface area contributed by atoms with Gasteiger partial charge in [-0.15, -0.1) is 11.8 Å². The number of amides is 2. The van der Waals surface area contributed by atoms with Crippen molar-refractivity contribution in [2.45, 2.75) is 24.8 Å². The molecule has 7 heteroatoms. The molecule has 0 aromatic heterocycles. The molecule has 2 amide bonds. The molecule has 5 nitrogen and oxygen atoms in total. The SMILES string of the molecule is CCC(=O)N1CCS[C@@]12C(=O)N(Cc1ccccc1Cl)c1ccc(OC)cc12. The largest absolute Gasteiger partial charge is 0.497 e. The van der Waals surface area contributed by atoms with Crippen LogP contribution in [0.3, 0.4) is 0 Å². The third-order valence-corrected chi connectivity index (χ3v) is 7.08. The summed E-state index contributed by atoms with van der Waals surface area (Å²) in [6.45, 7) is 2.74. The van der Waals surface area contributed by atoms with Crippen molar-refractivity contribution in [3.05, 3.63) is 58.6 Å². The second-order valence-electron chi connectivity index (χ2n) is 6.76. The molecule has 1 spiro atoms. The van der Waals surface area contributed by atoms with Gasteiger partial charge in [0.2, 0.25) is 5.91 Å². The van der Waals surface area contributed by atoms with Gasteiger partial charge in [0, 0.05) is 29.3 Å². The smallest absolute Gasteiger partial charge is 0.268 e. The first kappa shape index (κ1) is 19.2. The van der Waals surface area contributed by atoms with E-state index in [9.17, 15) is 9.59 Å². The van der Waals surface area contributed by atoms with Crippen molar-refractivity contribution in [3.63, 3.8) is 0 Å². The van der Waals surface area contributed by atoms with Gasteiger partial charge in [0.25, 0.3) is 5.91 Å². The van der Waals surface area contributed by atoms with Crippen LogP contribution in [0, 0.1) is 0 Å². The van der Waals surface area contributed by atoms with Crippen LogP contribution < -0.4 is 9.64 Å². The Hall–Kier alpha value is -2.18. The highest BCUT2D eigenvalue weighted by Gasteiger charge is 2.59. The Labute approximate surface area is 173 Å². The summed E-state index contributed by atoms with van der Waals surface area (Å²) in [6.07, 6.45) is 0.361. The van der Waals surface area contributed by atoms with E-state index in [1.165, 1.54) is 11.8 Å². The molecule has 0 bridgehead atoms. The fourth-order valence-corrected chi connectivity index (χ4v) is 5.59. The second kappa shape index (κ2) is 7.33. The summed E-state index contributed by atoms with van der Waals surface area (Å²) in [6, 6.07) is 13.1. The summed E-state index contributed by atoms with van der Waals surface area (Å²) in [4.78, 5) is 28.9. The molecule has 0 unspecified atom stereocenters. The molecule has 4 rings (SSSR count). The molecule has 0 radical (unpaired) electrons. The number of nitrogens with zero attached hydrogens (tertiary/aromatic N) is 2. The summed E-state index contributed by atoms with van der Waals surface area (Å²) in [5.74, 6) is 1.27. The zero-order chi connectivity index (χ0) is 19.9. The number of fused-ring (bicyclic) bond motifs is 2. The molecule has 2 aliphatic rings. The third-order valence-electron chi connectivity index (χ3n) is 5.29. The molecule has 1 saturated heterocycles. The van der Waals surface area contributed by atoms with Crippen molar-refractivity contribution >= 4 is 40.9 Å². The van der Waals surface area contributed by atoms with Crippen molar-refractivity contribution in [3.8, 4) is 5.75 Å². The minimum absolute atomic E-state index is 0.0216. The molecular formula is C21H21ClN2O3S. The van der Waals surface area contributed by atoms with Crippen LogP contribution in [-0.2, 0) is 21.0 Å². The Morgan fingerprint density at radius 1 is 1.29 bits per heavy atom. The van der Waals surface area contributed by atoms with Gasteiger partial charge in [-0.25, -0.2) is 0 Å². The molecule has 2 aromatic carbocycles. The summed E-state index contributed by atoms with van der Waals surface area (Å²) >= 11 is 7.87. The molecule has 2 heterocycles. The maximum atomic E-state index is 13.8. The van der Waals surface area contributed by atoms with Gasteiger partial charge < -0.3 is 14.5 Å². The van der Waals surface area contributed by atoms with Gasteiger partial charge in [-0.2, -0.15) is 0 Å². The maximum Gasteiger partial charge on any atom is 0.268 e. The molecule has 2 aliphatic heterocycles. The lowest BCUT2D eigenvalue weighted by molar-refractivity contribution is -0.139. The van der Waals surface area contributed by atoms with Gasteiger partial charge >= 0.3 is 0 Å². The summed E-state index contributed by atoms with van der Waals surface area (Å²) < 4.78 is 5.41. The first-order valence-corrected chi connectivity index (χ1v) is 10.6. The van der Waals surface area contributed by atoms with Crippen molar-refractivity contribution in [2.24, 2.45) is 0 Å². The van der Waals surface area contributed by atoms with E-state index in [2.05, 4.69) is 0 Å². The van der Waals surface area contributed by atoms with Crippen LogP contribution in [0.5, 0.6) is 5.75 Å². The lowest BCUT2D eigenvalue weighted by Gasteiger charge is -2.33. The lowest BCUT2D eigenvalue weighted by Crippen LogP contribution is -2.50. The number of hydrogen-bond acceptors (Lipinski definition) is 4. The summed E-state index contributed by atoms with van der Waals surface area (Å²) in [5.41, 5.74) is 2.48. The van der Waals surface area contributed by atoms with E-state index in [0.29, 0.717) is 36.0 Å². The highest BCUT2D eigenvalue weighted by Crippen LogP contribution is 2.55. The Morgan fingerprint density at radius 2 is 2.07 bits per heavy atom. The molecule has 1 atom stereocenters. The van der Waals surface area contributed by atoms with Crippen molar-refractivity contribution in [1.82, 2.24) is 4.90 Å². The van der Waals surface area contributed by atoms with Crippen LogP contribution in [0.25, 0.3) is 0 Å². The van der Waals surface area contributed by atoms with Gasteiger partial charge in [-0.1, -0.05) is 36.7 Å². The molecule has 1 fully saturated rings. The fourth-order valence-electron chi connectivity index (χ4n) is 3.92. The number of halogens is 1. The van der Waals surface area contributed by atoms with Crippen LogP contribution in [-0.4, -0.2) is 36.1 Å². The van der Waals surface area contributed by atoms with Gasteiger partial charge in [0.1, 0.15) is 5.75 Å². The first-order valence-electron chi connectivity index (χ1n) is 9.21. The van der Waals surface area contributed by atoms with E-state index in [1.807, 2.05) is 49.4 Å². The van der Waals surface area contributed by atoms with Crippen LogP contribution in [0.15, 0.2) is 42.5 Å². The zero-order valence-corrected chi connectivity index (χ0v) is 17.3. The van der Waals surface area contributed by atoms with E-state index >= 15 is 0 Å². The summed E-state index contributed by atoms with van der Waals surface area (Å²) in [5, 5.41) is 0.617. The predicted octanol–water partition coefficient (Wildman–Crippen LogP) is 4.03. The van der Waals surface area contributed by atoms with E-state index in [1.54, 1.807) is 16.9 Å². The maximum absolute atomic E-state index is 13.8. The van der Waals surface area contributed by atoms with Crippen molar-refractivity contribution in [1.29, 1.82) is 0 Å². The average molecular weight is 417 g/mol. The highest BCUT2D eigenvalue weighted by atomic mass is 35.5. The number of rotatable bonds is 4. The van der Waals surface area contributed by atoms with E-state index in [-0.39, 0.29) is 11.8 Å². The zero-order valence-electron chi connectivity index (χ0n) is 15.8. The topological polar surface area (TPSA) is 49.9 Å². The number of carbonyl (C=O) groups excluding carboxylic acids is 2. The molecule has 0 aliphatic carbocycles. The minimum Gasteiger partial charge on any atom is -0.497 e. The average Bonchev–Trinajstić information content (AvgIpc) is 3.26. The lowest BCUT2D eigenvalue weighted by atomic mass is 10.0. The number of hydrogen-bond donors (Lipinski definition) is 0. The Morgan fingerprint density at radius 3 is 2.79 bits per heavy atom. The number of anilines is 1. The molecule has 2 aromatic rings. The monoisotopic (exact) mass is 416 g/mol. The van der Waals surface area contributed by atoms with Crippen LogP contribution in [0.4, 0.5) is 5.69 Å². The highest BCUT2D eigenvalue weighted by molar-refractivity contribution is 8.01. The second-order valence-corrected chi connectivity index (χ2v) is 8.45. The molecule has 0 N–H and O–H groups in total. The quantitative estimate of drug-likeness (QED) is 0.754. The normalized spacial score (nSPS) is 20.8. The first-order chi connectivity index (χ1) is 13.5. The van der Waals surface area contributed by atoms with Crippen molar-refractivity contribution < 1.29 is 14.3 Å². The Bertz CT molecular complexity index is 951. The fraction of sp³-hybridized carbons (Fsp3) is 0.333. The Kier molecular flexibility index (Phi) is 5.02.